The molecule has 1 aliphatic rings. The van der Waals surface area contributed by atoms with Gasteiger partial charge in [0.05, 0.1) is 12.6 Å². The zero-order valence-electron chi connectivity index (χ0n) is 11.4. The summed E-state index contributed by atoms with van der Waals surface area (Å²) in [6.45, 7) is 6.50. The van der Waals surface area contributed by atoms with Crippen molar-refractivity contribution in [2.24, 2.45) is 0 Å². The Hall–Kier alpha value is -1.06. The summed E-state index contributed by atoms with van der Waals surface area (Å²) >= 11 is 0. The van der Waals surface area contributed by atoms with Gasteiger partial charge < -0.3 is 15.3 Å². The van der Waals surface area contributed by atoms with E-state index in [1.54, 1.807) is 0 Å². The third-order valence-electron chi connectivity index (χ3n) is 3.84. The minimum atomic E-state index is 0.176. The molecule has 1 saturated heterocycles. The lowest BCUT2D eigenvalue weighted by Gasteiger charge is -2.35. The number of anilines is 1. The van der Waals surface area contributed by atoms with Gasteiger partial charge in [-0.05, 0) is 44.0 Å². The Morgan fingerprint density at radius 2 is 2.06 bits per heavy atom. The van der Waals surface area contributed by atoms with Gasteiger partial charge in [0.1, 0.15) is 0 Å². The first-order valence-electron chi connectivity index (χ1n) is 6.95. The van der Waals surface area contributed by atoms with Crippen LogP contribution in [0.4, 0.5) is 5.69 Å². The molecule has 2 atom stereocenters. The monoisotopic (exact) mass is 248 g/mol. The highest BCUT2D eigenvalue weighted by Gasteiger charge is 2.25. The molecule has 2 N–H and O–H groups in total. The quantitative estimate of drug-likeness (QED) is 0.856. The summed E-state index contributed by atoms with van der Waals surface area (Å²) in [5.74, 6) is 0. The van der Waals surface area contributed by atoms with Crippen molar-refractivity contribution in [1.29, 1.82) is 0 Å². The summed E-state index contributed by atoms with van der Waals surface area (Å²) in [5.41, 5.74) is 2.59. The molecule has 0 spiro atoms. The molecule has 1 aromatic rings. The summed E-state index contributed by atoms with van der Waals surface area (Å²) in [6, 6.07) is 9.38. The molecule has 18 heavy (non-hydrogen) atoms. The van der Waals surface area contributed by atoms with Gasteiger partial charge in [0.15, 0.2) is 0 Å². The van der Waals surface area contributed by atoms with Crippen molar-refractivity contribution in [2.75, 3.05) is 24.6 Å². The Bertz CT molecular complexity index is 363. The predicted octanol–water partition coefficient (Wildman–Crippen LogP) is 1.80. The molecule has 0 radical (unpaired) electrons. The fourth-order valence-electron chi connectivity index (χ4n) is 2.70. The van der Waals surface area contributed by atoms with E-state index in [1.165, 1.54) is 11.3 Å². The third kappa shape index (κ3) is 2.85. The molecule has 0 amide bonds. The highest BCUT2D eigenvalue weighted by molar-refractivity contribution is 5.50. The van der Waals surface area contributed by atoms with Gasteiger partial charge in [0.25, 0.3) is 0 Å². The number of nitrogens with zero attached hydrogens (tertiary/aromatic N) is 1. The van der Waals surface area contributed by atoms with E-state index in [2.05, 4.69) is 48.3 Å². The smallest absolute Gasteiger partial charge is 0.0648 e. The molecule has 0 aliphatic carbocycles. The number of rotatable bonds is 3. The summed E-state index contributed by atoms with van der Waals surface area (Å²) in [5, 5.41) is 13.0. The van der Waals surface area contributed by atoms with E-state index >= 15 is 0 Å². The van der Waals surface area contributed by atoms with Crippen molar-refractivity contribution in [2.45, 2.75) is 38.8 Å². The molecule has 2 unspecified atom stereocenters. The molecule has 3 nitrogen and oxygen atoms in total. The maximum atomic E-state index is 9.58. The standard InChI is InChI=1S/C15H24N2O/c1-3-13-4-6-14(7-5-13)17-12(2)8-9-16-10-15(17)11-18/h4-7,12,15-16,18H,3,8-11H2,1-2H3. The molecule has 1 fully saturated rings. The Morgan fingerprint density at radius 1 is 1.33 bits per heavy atom. The van der Waals surface area contributed by atoms with Gasteiger partial charge in [0, 0.05) is 18.3 Å². The number of benzene rings is 1. The topological polar surface area (TPSA) is 35.5 Å². The van der Waals surface area contributed by atoms with Gasteiger partial charge in [-0.25, -0.2) is 0 Å². The Labute approximate surface area is 110 Å². The Balaban J connectivity index is 2.24. The fraction of sp³-hybridized carbons (Fsp3) is 0.600. The fourth-order valence-corrected chi connectivity index (χ4v) is 2.70. The summed E-state index contributed by atoms with van der Waals surface area (Å²) < 4.78 is 0. The van der Waals surface area contributed by atoms with Crippen molar-refractivity contribution in [1.82, 2.24) is 5.32 Å². The maximum Gasteiger partial charge on any atom is 0.0648 e. The third-order valence-corrected chi connectivity index (χ3v) is 3.84. The van der Waals surface area contributed by atoms with Gasteiger partial charge >= 0.3 is 0 Å². The van der Waals surface area contributed by atoms with Crippen LogP contribution in [0.5, 0.6) is 0 Å². The van der Waals surface area contributed by atoms with Crippen LogP contribution < -0.4 is 10.2 Å². The van der Waals surface area contributed by atoms with Crippen LogP contribution in [0.15, 0.2) is 24.3 Å². The van der Waals surface area contributed by atoms with E-state index in [-0.39, 0.29) is 12.6 Å². The molecular formula is C15H24N2O. The first-order valence-corrected chi connectivity index (χ1v) is 6.95. The molecule has 0 aromatic heterocycles. The van der Waals surface area contributed by atoms with Crippen molar-refractivity contribution >= 4 is 5.69 Å². The molecule has 2 rings (SSSR count). The number of hydrogen-bond donors (Lipinski definition) is 2. The zero-order valence-corrected chi connectivity index (χ0v) is 11.4. The van der Waals surface area contributed by atoms with Crippen LogP contribution in [-0.2, 0) is 6.42 Å². The lowest BCUT2D eigenvalue weighted by molar-refractivity contribution is 0.255. The van der Waals surface area contributed by atoms with Gasteiger partial charge in [0.2, 0.25) is 0 Å². The molecular weight excluding hydrogens is 224 g/mol. The first-order chi connectivity index (χ1) is 8.76. The van der Waals surface area contributed by atoms with E-state index in [0.29, 0.717) is 6.04 Å². The number of hydrogen-bond acceptors (Lipinski definition) is 3. The first kappa shape index (κ1) is 13.4. The van der Waals surface area contributed by atoms with Crippen LogP contribution in [-0.4, -0.2) is 36.9 Å². The van der Waals surface area contributed by atoms with Gasteiger partial charge in [-0.15, -0.1) is 0 Å². The van der Waals surface area contributed by atoms with E-state index in [9.17, 15) is 5.11 Å². The second-order valence-electron chi connectivity index (χ2n) is 5.11. The highest BCUT2D eigenvalue weighted by atomic mass is 16.3. The lowest BCUT2D eigenvalue weighted by atomic mass is 10.1. The summed E-state index contributed by atoms with van der Waals surface area (Å²) in [4.78, 5) is 2.36. The van der Waals surface area contributed by atoms with Crippen LogP contribution in [0.1, 0.15) is 25.8 Å². The molecule has 3 heteroatoms. The lowest BCUT2D eigenvalue weighted by Crippen LogP contribution is -2.46. The van der Waals surface area contributed by atoms with E-state index in [0.717, 1.165) is 25.9 Å². The average molecular weight is 248 g/mol. The molecule has 1 aromatic carbocycles. The van der Waals surface area contributed by atoms with Crippen molar-refractivity contribution in [3.63, 3.8) is 0 Å². The van der Waals surface area contributed by atoms with Crippen molar-refractivity contribution in [3.05, 3.63) is 29.8 Å². The minimum absolute atomic E-state index is 0.176. The van der Waals surface area contributed by atoms with Gasteiger partial charge in [-0.2, -0.15) is 0 Å². The second-order valence-corrected chi connectivity index (χ2v) is 5.11. The molecule has 0 saturated carbocycles. The Morgan fingerprint density at radius 3 is 2.67 bits per heavy atom. The molecule has 1 aliphatic heterocycles. The van der Waals surface area contributed by atoms with E-state index < -0.39 is 0 Å². The van der Waals surface area contributed by atoms with Crippen LogP contribution in [0.25, 0.3) is 0 Å². The molecule has 100 valence electrons. The average Bonchev–Trinajstić information content (AvgIpc) is 2.60. The number of aryl methyl sites for hydroxylation is 1. The summed E-state index contributed by atoms with van der Waals surface area (Å²) in [7, 11) is 0. The second kappa shape index (κ2) is 6.21. The Kier molecular flexibility index (Phi) is 4.61. The van der Waals surface area contributed by atoms with Crippen LogP contribution >= 0.6 is 0 Å². The maximum absolute atomic E-state index is 9.58. The largest absolute Gasteiger partial charge is 0.394 e. The molecule has 1 heterocycles. The van der Waals surface area contributed by atoms with Gasteiger partial charge in [-0.3, -0.25) is 0 Å². The van der Waals surface area contributed by atoms with Crippen LogP contribution in [0.3, 0.4) is 0 Å². The van der Waals surface area contributed by atoms with Crippen molar-refractivity contribution < 1.29 is 5.11 Å². The number of nitrogens with one attached hydrogen (secondary N) is 1. The SMILES string of the molecule is CCc1ccc(N2C(C)CCNCC2CO)cc1. The van der Waals surface area contributed by atoms with E-state index in [4.69, 9.17) is 0 Å². The minimum Gasteiger partial charge on any atom is -0.394 e. The van der Waals surface area contributed by atoms with Crippen LogP contribution in [0.2, 0.25) is 0 Å². The van der Waals surface area contributed by atoms with Crippen LogP contribution in [0, 0.1) is 0 Å². The number of aliphatic hydroxyl groups excluding tert-OH is 1. The zero-order chi connectivity index (χ0) is 13.0. The van der Waals surface area contributed by atoms with E-state index in [1.807, 2.05) is 0 Å². The predicted molar refractivity (Wildman–Crippen MR) is 76.1 cm³/mol. The highest BCUT2D eigenvalue weighted by Crippen LogP contribution is 2.23. The van der Waals surface area contributed by atoms with Gasteiger partial charge in [-0.1, -0.05) is 19.1 Å². The summed E-state index contributed by atoms with van der Waals surface area (Å²) in [6.07, 6.45) is 2.19. The van der Waals surface area contributed by atoms with Crippen molar-refractivity contribution in [3.8, 4) is 0 Å². The number of aliphatic hydroxyl groups is 1. The molecule has 0 bridgehead atoms. The normalized spacial score (nSPS) is 24.9.